The van der Waals surface area contributed by atoms with E-state index >= 15 is 0 Å². The van der Waals surface area contributed by atoms with Gasteiger partial charge in [0.05, 0.1) is 5.69 Å². The zero-order valence-electron chi connectivity index (χ0n) is 11.5. The van der Waals surface area contributed by atoms with Crippen LogP contribution in [0.4, 0.5) is 0 Å². The molecule has 2 heterocycles. The van der Waals surface area contributed by atoms with E-state index in [2.05, 4.69) is 5.10 Å². The first-order valence-electron chi connectivity index (χ1n) is 6.54. The number of rotatable bonds is 3. The van der Waals surface area contributed by atoms with Gasteiger partial charge in [-0.25, -0.2) is 4.79 Å². The van der Waals surface area contributed by atoms with Crippen molar-refractivity contribution >= 4 is 11.9 Å². The fraction of sp³-hybridized carbons (Fsp3) is 0.615. The summed E-state index contributed by atoms with van der Waals surface area (Å²) in [6.07, 6.45) is 0.724. The van der Waals surface area contributed by atoms with Gasteiger partial charge in [-0.05, 0) is 32.3 Å². The molecule has 1 saturated heterocycles. The van der Waals surface area contributed by atoms with Crippen LogP contribution in [0.15, 0.2) is 6.07 Å². The minimum atomic E-state index is -0.933. The Bertz CT molecular complexity index is 509. The average molecular weight is 265 g/mol. The summed E-state index contributed by atoms with van der Waals surface area (Å²) in [6, 6.07) is 0.987. The number of aliphatic carboxylic acids is 1. The van der Waals surface area contributed by atoms with Gasteiger partial charge in [0, 0.05) is 13.1 Å². The topological polar surface area (TPSA) is 75.4 Å². The molecule has 2 atom stereocenters. The third-order valence-corrected chi connectivity index (χ3v) is 3.63. The Morgan fingerprint density at radius 1 is 1.53 bits per heavy atom. The highest BCUT2D eigenvalue weighted by Crippen LogP contribution is 2.26. The molecule has 0 radical (unpaired) electrons. The number of carboxylic acid groups (broad SMARTS) is 1. The van der Waals surface area contributed by atoms with Crippen LogP contribution >= 0.6 is 0 Å². The van der Waals surface area contributed by atoms with E-state index in [0.717, 1.165) is 12.1 Å². The van der Waals surface area contributed by atoms with Crippen LogP contribution in [-0.4, -0.2) is 44.3 Å². The number of likely N-dealkylation sites (tertiary alicyclic amines) is 1. The largest absolute Gasteiger partial charge is 0.480 e. The number of hydrogen-bond acceptors (Lipinski definition) is 3. The maximum atomic E-state index is 12.5. The van der Waals surface area contributed by atoms with Crippen LogP contribution in [0.25, 0.3) is 0 Å². The van der Waals surface area contributed by atoms with Gasteiger partial charge in [0.2, 0.25) is 0 Å². The number of nitrogens with zero attached hydrogens (tertiary/aromatic N) is 3. The zero-order chi connectivity index (χ0) is 14.2. The van der Waals surface area contributed by atoms with Crippen molar-refractivity contribution in [1.29, 1.82) is 0 Å². The second kappa shape index (κ2) is 5.03. The Labute approximate surface area is 112 Å². The molecule has 6 heteroatoms. The van der Waals surface area contributed by atoms with E-state index in [1.54, 1.807) is 10.7 Å². The van der Waals surface area contributed by atoms with Gasteiger partial charge in [-0.15, -0.1) is 0 Å². The van der Waals surface area contributed by atoms with Crippen molar-refractivity contribution in [2.45, 2.75) is 39.8 Å². The molecule has 0 aromatic carbocycles. The first kappa shape index (κ1) is 13.6. The molecule has 1 aromatic rings. The number of carbonyl (C=O) groups excluding carboxylic acids is 1. The predicted octanol–water partition coefficient (Wildman–Crippen LogP) is 1.15. The molecule has 0 aliphatic carbocycles. The van der Waals surface area contributed by atoms with Crippen molar-refractivity contribution in [3.63, 3.8) is 0 Å². The fourth-order valence-electron chi connectivity index (χ4n) is 2.66. The molecule has 1 fully saturated rings. The Morgan fingerprint density at radius 3 is 2.79 bits per heavy atom. The number of hydrogen-bond donors (Lipinski definition) is 1. The van der Waals surface area contributed by atoms with Crippen molar-refractivity contribution in [3.05, 3.63) is 17.5 Å². The molecule has 104 valence electrons. The Morgan fingerprint density at radius 2 is 2.21 bits per heavy atom. The number of aromatic nitrogens is 2. The summed E-state index contributed by atoms with van der Waals surface area (Å²) >= 11 is 0. The quantitative estimate of drug-likeness (QED) is 0.889. The zero-order valence-corrected chi connectivity index (χ0v) is 11.5. The second-order valence-electron chi connectivity index (χ2n) is 5.03. The predicted molar refractivity (Wildman–Crippen MR) is 68.9 cm³/mol. The number of carboxylic acids is 1. The lowest BCUT2D eigenvalue weighted by Crippen LogP contribution is -2.43. The van der Waals surface area contributed by atoms with E-state index in [4.69, 9.17) is 0 Å². The maximum absolute atomic E-state index is 12.5. The van der Waals surface area contributed by atoms with E-state index in [1.807, 2.05) is 20.8 Å². The van der Waals surface area contributed by atoms with E-state index < -0.39 is 12.0 Å². The van der Waals surface area contributed by atoms with Gasteiger partial charge < -0.3 is 10.0 Å². The van der Waals surface area contributed by atoms with Crippen LogP contribution in [0, 0.1) is 12.8 Å². The van der Waals surface area contributed by atoms with Gasteiger partial charge >= 0.3 is 5.97 Å². The third kappa shape index (κ3) is 2.34. The second-order valence-corrected chi connectivity index (χ2v) is 5.03. The molecule has 6 nitrogen and oxygen atoms in total. The summed E-state index contributed by atoms with van der Waals surface area (Å²) < 4.78 is 1.62. The lowest BCUT2D eigenvalue weighted by Gasteiger charge is -2.23. The van der Waals surface area contributed by atoms with Crippen LogP contribution in [-0.2, 0) is 11.3 Å². The molecular formula is C13H19N3O3. The number of amides is 1. The van der Waals surface area contributed by atoms with Crippen LogP contribution in [0.3, 0.4) is 0 Å². The molecule has 0 bridgehead atoms. The van der Waals surface area contributed by atoms with Gasteiger partial charge in [0.15, 0.2) is 0 Å². The highest BCUT2D eigenvalue weighted by Gasteiger charge is 2.40. The molecule has 1 amide bonds. The van der Waals surface area contributed by atoms with E-state index in [1.165, 1.54) is 4.90 Å². The van der Waals surface area contributed by atoms with Gasteiger partial charge in [0.1, 0.15) is 11.7 Å². The van der Waals surface area contributed by atoms with Crippen molar-refractivity contribution in [2.24, 2.45) is 5.92 Å². The first-order valence-corrected chi connectivity index (χ1v) is 6.54. The maximum Gasteiger partial charge on any atom is 0.326 e. The van der Waals surface area contributed by atoms with Gasteiger partial charge in [-0.2, -0.15) is 5.10 Å². The smallest absolute Gasteiger partial charge is 0.326 e. The fourth-order valence-corrected chi connectivity index (χ4v) is 2.66. The minimum absolute atomic E-state index is 0.0134. The van der Waals surface area contributed by atoms with Gasteiger partial charge in [-0.3, -0.25) is 9.48 Å². The first-order chi connectivity index (χ1) is 8.95. The normalized spacial score (nSPS) is 22.8. The van der Waals surface area contributed by atoms with Gasteiger partial charge in [0.25, 0.3) is 5.91 Å². The highest BCUT2D eigenvalue weighted by atomic mass is 16.4. The van der Waals surface area contributed by atoms with E-state index in [0.29, 0.717) is 18.8 Å². The molecule has 0 spiro atoms. The SMILES string of the molecule is CCn1nc(C)cc1C(=O)N1CCC(C)C1C(=O)O. The molecule has 1 N–H and O–H groups in total. The standard InChI is InChI=1S/C13H19N3O3/c1-4-16-10(7-9(3)14-16)12(17)15-6-5-8(2)11(15)13(18)19/h7-8,11H,4-6H2,1-3H3,(H,18,19). The van der Waals surface area contributed by atoms with Crippen LogP contribution in [0.1, 0.15) is 36.5 Å². The summed E-state index contributed by atoms with van der Waals surface area (Å²) in [5.74, 6) is -1.18. The van der Waals surface area contributed by atoms with Crippen LogP contribution in [0.5, 0.6) is 0 Å². The molecule has 1 aliphatic heterocycles. The third-order valence-electron chi connectivity index (χ3n) is 3.63. The van der Waals surface area contributed by atoms with E-state index in [9.17, 15) is 14.7 Å². The minimum Gasteiger partial charge on any atom is -0.480 e. The van der Waals surface area contributed by atoms with Crippen LogP contribution in [0.2, 0.25) is 0 Å². The van der Waals surface area contributed by atoms with Crippen molar-refractivity contribution < 1.29 is 14.7 Å². The van der Waals surface area contributed by atoms with Gasteiger partial charge in [-0.1, -0.05) is 6.92 Å². The molecule has 1 aliphatic rings. The molecule has 1 aromatic heterocycles. The summed E-state index contributed by atoms with van der Waals surface area (Å²) in [6.45, 7) is 6.68. The van der Waals surface area contributed by atoms with Crippen molar-refractivity contribution in [3.8, 4) is 0 Å². The molecule has 0 saturated carbocycles. The summed E-state index contributed by atoms with van der Waals surface area (Å²) in [7, 11) is 0. The lowest BCUT2D eigenvalue weighted by molar-refractivity contribution is -0.142. The molecular weight excluding hydrogens is 246 g/mol. The van der Waals surface area contributed by atoms with Crippen LogP contribution < -0.4 is 0 Å². The number of carbonyl (C=O) groups is 2. The molecule has 19 heavy (non-hydrogen) atoms. The molecule has 2 unspecified atom stereocenters. The van der Waals surface area contributed by atoms with Crippen molar-refractivity contribution in [2.75, 3.05) is 6.54 Å². The molecule has 2 rings (SSSR count). The Balaban J connectivity index is 2.30. The van der Waals surface area contributed by atoms with Crippen molar-refractivity contribution in [1.82, 2.24) is 14.7 Å². The number of aryl methyl sites for hydroxylation is 2. The highest BCUT2D eigenvalue weighted by molar-refractivity contribution is 5.95. The monoisotopic (exact) mass is 265 g/mol. The summed E-state index contributed by atoms with van der Waals surface area (Å²) in [4.78, 5) is 25.3. The van der Waals surface area contributed by atoms with E-state index in [-0.39, 0.29) is 11.8 Å². The Kier molecular flexibility index (Phi) is 3.59. The summed E-state index contributed by atoms with van der Waals surface area (Å²) in [5, 5.41) is 13.5. The lowest BCUT2D eigenvalue weighted by atomic mass is 10.0. The summed E-state index contributed by atoms with van der Waals surface area (Å²) in [5.41, 5.74) is 1.24. The average Bonchev–Trinajstić information content (AvgIpc) is 2.91. The Hall–Kier alpha value is -1.85.